The Labute approximate surface area is 116 Å². The summed E-state index contributed by atoms with van der Waals surface area (Å²) >= 11 is 6.02. The van der Waals surface area contributed by atoms with Crippen molar-refractivity contribution in [1.29, 1.82) is 0 Å². The molecular formula is C14H16ClFN2O. The van der Waals surface area contributed by atoms with Crippen LogP contribution >= 0.6 is 11.6 Å². The second kappa shape index (κ2) is 5.72. The van der Waals surface area contributed by atoms with Gasteiger partial charge in [0.1, 0.15) is 11.9 Å². The first-order chi connectivity index (χ1) is 9.06. The Bertz CT molecular complexity index is 583. The summed E-state index contributed by atoms with van der Waals surface area (Å²) in [6, 6.07) is 5.80. The highest BCUT2D eigenvalue weighted by Crippen LogP contribution is 2.29. The zero-order chi connectivity index (χ0) is 14.0. The predicted molar refractivity (Wildman–Crippen MR) is 72.8 cm³/mol. The molecule has 0 aliphatic heterocycles. The lowest BCUT2D eigenvalue weighted by molar-refractivity contribution is 0.207. The van der Waals surface area contributed by atoms with Crippen LogP contribution in [0, 0.1) is 5.82 Å². The molecule has 0 bridgehead atoms. The number of halogens is 2. The summed E-state index contributed by atoms with van der Waals surface area (Å²) in [5.74, 6) is -0.420. The highest BCUT2D eigenvalue weighted by Gasteiger charge is 2.19. The van der Waals surface area contributed by atoms with Crippen molar-refractivity contribution in [2.24, 2.45) is 0 Å². The van der Waals surface area contributed by atoms with Gasteiger partial charge in [0.05, 0.1) is 11.4 Å². The van der Waals surface area contributed by atoms with Gasteiger partial charge in [0, 0.05) is 17.1 Å². The van der Waals surface area contributed by atoms with Crippen molar-refractivity contribution in [1.82, 2.24) is 9.78 Å². The van der Waals surface area contributed by atoms with Gasteiger partial charge < -0.3 is 5.11 Å². The molecule has 1 aromatic carbocycles. The molecule has 1 aromatic heterocycles. The van der Waals surface area contributed by atoms with Crippen LogP contribution in [0.1, 0.15) is 36.9 Å². The molecule has 0 amide bonds. The van der Waals surface area contributed by atoms with Gasteiger partial charge in [-0.05, 0) is 37.6 Å². The molecule has 0 aliphatic carbocycles. The maximum Gasteiger partial charge on any atom is 0.123 e. The van der Waals surface area contributed by atoms with E-state index in [-0.39, 0.29) is 0 Å². The Morgan fingerprint density at radius 1 is 1.37 bits per heavy atom. The van der Waals surface area contributed by atoms with Gasteiger partial charge in [0.25, 0.3) is 0 Å². The van der Waals surface area contributed by atoms with E-state index in [1.165, 1.54) is 18.2 Å². The summed E-state index contributed by atoms with van der Waals surface area (Å²) in [7, 11) is 0. The van der Waals surface area contributed by atoms with Gasteiger partial charge in [-0.25, -0.2) is 4.39 Å². The third-order valence-corrected chi connectivity index (χ3v) is 3.40. The first kappa shape index (κ1) is 14.0. The minimum Gasteiger partial charge on any atom is -0.382 e. The lowest BCUT2D eigenvalue weighted by Crippen LogP contribution is -2.09. The molecule has 0 aliphatic rings. The summed E-state index contributed by atoms with van der Waals surface area (Å²) in [5.41, 5.74) is 1.88. The van der Waals surface area contributed by atoms with Gasteiger partial charge in [-0.1, -0.05) is 18.5 Å². The van der Waals surface area contributed by atoms with Crippen LogP contribution in [0.25, 0.3) is 0 Å². The number of nitrogens with zero attached hydrogens (tertiary/aromatic N) is 2. The monoisotopic (exact) mass is 282 g/mol. The van der Waals surface area contributed by atoms with Crippen molar-refractivity contribution in [3.63, 3.8) is 0 Å². The van der Waals surface area contributed by atoms with Gasteiger partial charge in [0.2, 0.25) is 0 Å². The van der Waals surface area contributed by atoms with E-state index >= 15 is 0 Å². The Balaban J connectivity index is 2.45. The Hall–Kier alpha value is -1.39. The fourth-order valence-electron chi connectivity index (χ4n) is 2.02. The third kappa shape index (κ3) is 2.80. The first-order valence-corrected chi connectivity index (χ1v) is 6.64. The smallest absolute Gasteiger partial charge is 0.123 e. The van der Waals surface area contributed by atoms with E-state index in [2.05, 4.69) is 5.10 Å². The number of aryl methyl sites for hydroxylation is 2. The van der Waals surface area contributed by atoms with Crippen LogP contribution in [0.3, 0.4) is 0 Å². The first-order valence-electron chi connectivity index (χ1n) is 6.26. The molecule has 1 N–H and O–H groups in total. The van der Waals surface area contributed by atoms with E-state index in [9.17, 15) is 9.50 Å². The average molecular weight is 283 g/mol. The second-order valence-electron chi connectivity index (χ2n) is 4.30. The molecule has 1 heterocycles. The van der Waals surface area contributed by atoms with Crippen molar-refractivity contribution in [2.75, 3.05) is 0 Å². The zero-order valence-electron chi connectivity index (χ0n) is 10.9. The molecule has 0 saturated carbocycles. The minimum atomic E-state index is -0.976. The summed E-state index contributed by atoms with van der Waals surface area (Å²) in [6.07, 6.45) is -0.195. The largest absolute Gasteiger partial charge is 0.382 e. The van der Waals surface area contributed by atoms with Crippen LogP contribution in [0.4, 0.5) is 4.39 Å². The van der Waals surface area contributed by atoms with E-state index in [0.29, 0.717) is 22.8 Å². The van der Waals surface area contributed by atoms with E-state index in [4.69, 9.17) is 11.6 Å². The summed E-state index contributed by atoms with van der Waals surface area (Å²) in [5, 5.41) is 15.1. The van der Waals surface area contributed by atoms with Gasteiger partial charge in [0.15, 0.2) is 0 Å². The molecular weight excluding hydrogens is 267 g/mol. The van der Waals surface area contributed by atoms with E-state index in [0.717, 1.165) is 12.1 Å². The molecule has 5 heteroatoms. The Morgan fingerprint density at radius 2 is 2.11 bits per heavy atom. The van der Waals surface area contributed by atoms with Gasteiger partial charge in [-0.2, -0.15) is 5.10 Å². The van der Waals surface area contributed by atoms with Crippen LogP contribution in [0.5, 0.6) is 0 Å². The summed E-state index contributed by atoms with van der Waals surface area (Å²) in [6.45, 7) is 4.57. The molecule has 0 fully saturated rings. The average Bonchev–Trinajstić information content (AvgIpc) is 2.84. The Kier molecular flexibility index (Phi) is 4.22. The molecule has 2 aromatic rings. The highest BCUT2D eigenvalue weighted by molar-refractivity contribution is 6.31. The standard InChI is InChI=1S/C14H16ClFN2O/c1-3-10-8-13(18(4-2)17-10)14(19)11-7-9(16)5-6-12(11)15/h5-8,14,19H,3-4H2,1-2H3. The topological polar surface area (TPSA) is 38.0 Å². The van der Waals surface area contributed by atoms with Crippen LogP contribution in [-0.2, 0) is 13.0 Å². The second-order valence-corrected chi connectivity index (χ2v) is 4.71. The maximum atomic E-state index is 13.3. The minimum absolute atomic E-state index is 0.343. The Morgan fingerprint density at radius 3 is 2.74 bits per heavy atom. The van der Waals surface area contributed by atoms with E-state index in [1.807, 2.05) is 19.9 Å². The number of aliphatic hydroxyl groups is 1. The van der Waals surface area contributed by atoms with Crippen LogP contribution in [0.15, 0.2) is 24.3 Å². The highest BCUT2D eigenvalue weighted by atomic mass is 35.5. The lowest BCUT2D eigenvalue weighted by Gasteiger charge is -2.14. The number of hydrogen-bond acceptors (Lipinski definition) is 2. The number of aliphatic hydroxyl groups excluding tert-OH is 1. The molecule has 1 unspecified atom stereocenters. The number of hydrogen-bond donors (Lipinski definition) is 1. The van der Waals surface area contributed by atoms with Crippen molar-refractivity contribution in [3.8, 4) is 0 Å². The molecule has 0 saturated heterocycles. The van der Waals surface area contributed by atoms with E-state index < -0.39 is 11.9 Å². The third-order valence-electron chi connectivity index (χ3n) is 3.06. The lowest BCUT2D eigenvalue weighted by atomic mass is 10.1. The van der Waals surface area contributed by atoms with Crippen molar-refractivity contribution in [2.45, 2.75) is 32.9 Å². The fraction of sp³-hybridized carbons (Fsp3) is 0.357. The summed E-state index contributed by atoms with van der Waals surface area (Å²) in [4.78, 5) is 0. The van der Waals surface area contributed by atoms with Gasteiger partial charge in [-0.3, -0.25) is 4.68 Å². The fourth-order valence-corrected chi connectivity index (χ4v) is 2.24. The molecule has 0 spiro atoms. The normalized spacial score (nSPS) is 12.7. The van der Waals surface area contributed by atoms with Crippen molar-refractivity contribution >= 4 is 11.6 Å². The van der Waals surface area contributed by atoms with Gasteiger partial charge >= 0.3 is 0 Å². The predicted octanol–water partition coefficient (Wildman–Crippen LogP) is 3.34. The van der Waals surface area contributed by atoms with Crippen molar-refractivity contribution < 1.29 is 9.50 Å². The molecule has 19 heavy (non-hydrogen) atoms. The molecule has 1 atom stereocenters. The quantitative estimate of drug-likeness (QED) is 0.934. The molecule has 3 nitrogen and oxygen atoms in total. The van der Waals surface area contributed by atoms with Crippen LogP contribution in [0.2, 0.25) is 5.02 Å². The molecule has 102 valence electrons. The maximum absolute atomic E-state index is 13.3. The van der Waals surface area contributed by atoms with E-state index in [1.54, 1.807) is 4.68 Å². The molecule has 0 radical (unpaired) electrons. The van der Waals surface area contributed by atoms with Crippen LogP contribution in [-0.4, -0.2) is 14.9 Å². The van der Waals surface area contributed by atoms with Gasteiger partial charge in [-0.15, -0.1) is 0 Å². The molecule has 2 rings (SSSR count). The van der Waals surface area contributed by atoms with Crippen LogP contribution < -0.4 is 0 Å². The summed E-state index contributed by atoms with van der Waals surface area (Å²) < 4.78 is 15.0. The number of benzene rings is 1. The van der Waals surface area contributed by atoms with Crippen molar-refractivity contribution in [3.05, 3.63) is 52.1 Å². The SMILES string of the molecule is CCc1cc(C(O)c2cc(F)ccc2Cl)n(CC)n1. The zero-order valence-corrected chi connectivity index (χ0v) is 11.7. The number of aromatic nitrogens is 2. The number of rotatable bonds is 4.